The van der Waals surface area contributed by atoms with Crippen LogP contribution in [0.4, 0.5) is 5.69 Å². The van der Waals surface area contributed by atoms with Crippen molar-refractivity contribution in [2.75, 3.05) is 0 Å². The molecule has 7 heteroatoms. The van der Waals surface area contributed by atoms with Gasteiger partial charge < -0.3 is 5.32 Å². The molecular formula is C18H16N4O3. The van der Waals surface area contributed by atoms with Gasteiger partial charge in [-0.25, -0.2) is 9.97 Å². The van der Waals surface area contributed by atoms with Crippen molar-refractivity contribution in [2.24, 2.45) is 0 Å². The van der Waals surface area contributed by atoms with Gasteiger partial charge >= 0.3 is 0 Å². The molecule has 0 saturated carbocycles. The minimum absolute atomic E-state index is 0.0155. The Morgan fingerprint density at radius 2 is 1.76 bits per heavy atom. The van der Waals surface area contributed by atoms with E-state index in [4.69, 9.17) is 0 Å². The second-order valence-electron chi connectivity index (χ2n) is 5.67. The van der Waals surface area contributed by atoms with Crippen LogP contribution in [0, 0.1) is 24.0 Å². The van der Waals surface area contributed by atoms with E-state index in [0.29, 0.717) is 16.6 Å². The van der Waals surface area contributed by atoms with Crippen LogP contribution in [0.15, 0.2) is 42.5 Å². The number of para-hydroxylation sites is 1. The number of nitro groups is 1. The molecule has 0 aliphatic heterocycles. The van der Waals surface area contributed by atoms with Crippen LogP contribution in [-0.2, 0) is 6.54 Å². The van der Waals surface area contributed by atoms with Crippen molar-refractivity contribution in [2.45, 2.75) is 20.4 Å². The lowest BCUT2D eigenvalue weighted by atomic mass is 10.1. The van der Waals surface area contributed by atoms with Crippen molar-refractivity contribution < 1.29 is 9.72 Å². The summed E-state index contributed by atoms with van der Waals surface area (Å²) in [4.78, 5) is 31.8. The molecule has 3 rings (SSSR count). The van der Waals surface area contributed by atoms with Crippen molar-refractivity contribution in [3.8, 4) is 0 Å². The lowest BCUT2D eigenvalue weighted by Gasteiger charge is -2.07. The maximum atomic E-state index is 12.4. The smallest absolute Gasteiger partial charge is 0.274 e. The molecule has 0 saturated heterocycles. The monoisotopic (exact) mass is 336 g/mol. The van der Waals surface area contributed by atoms with E-state index in [2.05, 4.69) is 15.3 Å². The summed E-state index contributed by atoms with van der Waals surface area (Å²) >= 11 is 0. The van der Waals surface area contributed by atoms with E-state index in [-0.39, 0.29) is 18.1 Å². The molecule has 0 atom stereocenters. The van der Waals surface area contributed by atoms with Gasteiger partial charge in [0.1, 0.15) is 0 Å². The molecule has 0 aliphatic rings. The highest BCUT2D eigenvalue weighted by molar-refractivity contribution is 5.97. The zero-order chi connectivity index (χ0) is 18.0. The van der Waals surface area contributed by atoms with Crippen LogP contribution in [0.5, 0.6) is 0 Å². The third-order valence-corrected chi connectivity index (χ3v) is 3.97. The average Bonchev–Trinajstić information content (AvgIpc) is 2.60. The summed E-state index contributed by atoms with van der Waals surface area (Å²) in [6.45, 7) is 3.82. The Morgan fingerprint density at radius 1 is 1.08 bits per heavy atom. The summed E-state index contributed by atoms with van der Waals surface area (Å²) in [5.74, 6) is -0.319. The number of fused-ring (bicyclic) bond motifs is 1. The summed E-state index contributed by atoms with van der Waals surface area (Å²) in [6, 6.07) is 11.4. The standard InChI is InChI=1S/C18H16N4O3/c1-11-12(2)21-16-9-13(7-8-15(16)20-11)18(23)19-10-14-5-3-4-6-17(14)22(24)25/h3-9H,10H2,1-2H3,(H,19,23). The second-order valence-corrected chi connectivity index (χ2v) is 5.67. The van der Waals surface area contributed by atoms with E-state index < -0.39 is 4.92 Å². The Bertz CT molecular complexity index is 985. The number of carbonyl (C=O) groups is 1. The summed E-state index contributed by atoms with van der Waals surface area (Å²) < 4.78 is 0. The Balaban J connectivity index is 1.81. The fraction of sp³-hybridized carbons (Fsp3) is 0.167. The number of carbonyl (C=O) groups excluding carboxylic acids is 1. The summed E-state index contributed by atoms with van der Waals surface area (Å²) in [6.07, 6.45) is 0. The van der Waals surface area contributed by atoms with E-state index >= 15 is 0 Å². The number of hydrogen-bond acceptors (Lipinski definition) is 5. The van der Waals surface area contributed by atoms with Crippen LogP contribution < -0.4 is 5.32 Å². The topological polar surface area (TPSA) is 98.0 Å². The van der Waals surface area contributed by atoms with E-state index in [1.165, 1.54) is 6.07 Å². The zero-order valence-corrected chi connectivity index (χ0v) is 13.8. The van der Waals surface area contributed by atoms with E-state index in [9.17, 15) is 14.9 Å². The molecule has 126 valence electrons. The predicted molar refractivity (Wildman–Crippen MR) is 93.3 cm³/mol. The van der Waals surface area contributed by atoms with E-state index in [0.717, 1.165) is 16.9 Å². The van der Waals surface area contributed by atoms with Crippen molar-refractivity contribution in [3.05, 3.63) is 75.1 Å². The number of rotatable bonds is 4. The summed E-state index contributed by atoms with van der Waals surface area (Å²) in [7, 11) is 0. The maximum Gasteiger partial charge on any atom is 0.274 e. The molecule has 0 unspecified atom stereocenters. The lowest BCUT2D eigenvalue weighted by molar-refractivity contribution is -0.385. The average molecular weight is 336 g/mol. The lowest BCUT2D eigenvalue weighted by Crippen LogP contribution is -2.23. The minimum Gasteiger partial charge on any atom is -0.348 e. The molecule has 1 amide bonds. The van der Waals surface area contributed by atoms with Gasteiger partial charge in [-0.3, -0.25) is 14.9 Å². The highest BCUT2D eigenvalue weighted by Crippen LogP contribution is 2.18. The Kier molecular flexibility index (Phi) is 4.38. The third kappa shape index (κ3) is 3.45. The molecule has 2 aromatic carbocycles. The first-order valence-electron chi connectivity index (χ1n) is 7.71. The molecule has 7 nitrogen and oxygen atoms in total. The molecular weight excluding hydrogens is 320 g/mol. The van der Waals surface area contributed by atoms with Gasteiger partial charge in [0.15, 0.2) is 0 Å². The highest BCUT2D eigenvalue weighted by Gasteiger charge is 2.14. The fourth-order valence-electron chi connectivity index (χ4n) is 2.49. The van der Waals surface area contributed by atoms with Gasteiger partial charge in [0.25, 0.3) is 11.6 Å². The van der Waals surface area contributed by atoms with Crippen LogP contribution in [0.25, 0.3) is 11.0 Å². The molecule has 1 aromatic heterocycles. The third-order valence-electron chi connectivity index (χ3n) is 3.97. The van der Waals surface area contributed by atoms with E-state index in [1.54, 1.807) is 36.4 Å². The van der Waals surface area contributed by atoms with Crippen LogP contribution in [-0.4, -0.2) is 20.8 Å². The van der Waals surface area contributed by atoms with Gasteiger partial charge in [-0.1, -0.05) is 18.2 Å². The molecule has 0 bridgehead atoms. The second kappa shape index (κ2) is 6.64. The summed E-state index contributed by atoms with van der Waals surface area (Å²) in [5.41, 5.74) is 3.89. The zero-order valence-electron chi connectivity index (χ0n) is 13.8. The van der Waals surface area contributed by atoms with E-state index in [1.807, 2.05) is 13.8 Å². The van der Waals surface area contributed by atoms with Gasteiger partial charge in [0.05, 0.1) is 27.3 Å². The van der Waals surface area contributed by atoms with Crippen molar-refractivity contribution >= 4 is 22.6 Å². The minimum atomic E-state index is -0.460. The molecule has 0 aliphatic carbocycles. The Morgan fingerprint density at radius 3 is 2.48 bits per heavy atom. The molecule has 0 radical (unpaired) electrons. The van der Waals surface area contributed by atoms with Gasteiger partial charge in [0, 0.05) is 23.7 Å². The predicted octanol–water partition coefficient (Wildman–Crippen LogP) is 3.08. The summed E-state index contributed by atoms with van der Waals surface area (Å²) in [5, 5.41) is 13.7. The number of aromatic nitrogens is 2. The number of hydrogen-bond donors (Lipinski definition) is 1. The molecule has 25 heavy (non-hydrogen) atoms. The van der Waals surface area contributed by atoms with Gasteiger partial charge in [-0.05, 0) is 32.0 Å². The SMILES string of the molecule is Cc1nc2ccc(C(=O)NCc3ccccc3[N+](=O)[O-])cc2nc1C. The molecule has 0 fully saturated rings. The van der Waals surface area contributed by atoms with Crippen LogP contribution in [0.2, 0.25) is 0 Å². The van der Waals surface area contributed by atoms with Gasteiger partial charge in [-0.15, -0.1) is 0 Å². The fourth-order valence-corrected chi connectivity index (χ4v) is 2.49. The molecule has 0 spiro atoms. The number of nitrogens with one attached hydrogen (secondary N) is 1. The number of amides is 1. The van der Waals surface area contributed by atoms with Crippen LogP contribution in [0.3, 0.4) is 0 Å². The quantitative estimate of drug-likeness (QED) is 0.583. The maximum absolute atomic E-state index is 12.4. The normalized spacial score (nSPS) is 10.6. The number of nitrogens with zero attached hydrogens (tertiary/aromatic N) is 3. The highest BCUT2D eigenvalue weighted by atomic mass is 16.6. The van der Waals surface area contributed by atoms with Gasteiger partial charge in [-0.2, -0.15) is 0 Å². The number of nitro benzene ring substituents is 1. The first-order valence-corrected chi connectivity index (χ1v) is 7.71. The Hall–Kier alpha value is -3.35. The number of aryl methyl sites for hydroxylation is 2. The largest absolute Gasteiger partial charge is 0.348 e. The van der Waals surface area contributed by atoms with Crippen molar-refractivity contribution in [1.29, 1.82) is 0 Å². The molecule has 1 heterocycles. The number of benzene rings is 2. The Labute approximate surface area is 143 Å². The molecule has 3 aromatic rings. The van der Waals surface area contributed by atoms with Crippen LogP contribution in [0.1, 0.15) is 27.3 Å². The van der Waals surface area contributed by atoms with Crippen molar-refractivity contribution in [3.63, 3.8) is 0 Å². The van der Waals surface area contributed by atoms with Crippen LogP contribution >= 0.6 is 0 Å². The van der Waals surface area contributed by atoms with Gasteiger partial charge in [0.2, 0.25) is 0 Å². The first kappa shape index (κ1) is 16.5. The first-order chi connectivity index (χ1) is 12.0. The molecule has 1 N–H and O–H groups in total. The van der Waals surface area contributed by atoms with Crippen molar-refractivity contribution in [1.82, 2.24) is 15.3 Å².